The van der Waals surface area contributed by atoms with Gasteiger partial charge >= 0.3 is 0 Å². The van der Waals surface area contributed by atoms with Gasteiger partial charge in [0.2, 0.25) is 0 Å². The molecule has 0 aliphatic heterocycles. The molecule has 0 aliphatic rings. The number of oxazole rings is 1. The molecule has 2 heterocycles. The van der Waals surface area contributed by atoms with E-state index < -0.39 is 0 Å². The van der Waals surface area contributed by atoms with Crippen molar-refractivity contribution in [2.24, 2.45) is 0 Å². The highest BCUT2D eigenvalue weighted by atomic mass is 35.5. The van der Waals surface area contributed by atoms with Crippen LogP contribution in [0.4, 0.5) is 0 Å². The van der Waals surface area contributed by atoms with Crippen LogP contribution in [0.3, 0.4) is 0 Å². The maximum absolute atomic E-state index is 5.50. The molecule has 0 atom stereocenters. The molecule has 0 spiro atoms. The van der Waals surface area contributed by atoms with Crippen molar-refractivity contribution >= 4 is 22.4 Å². The van der Waals surface area contributed by atoms with Gasteiger partial charge in [-0.2, -0.15) is 0 Å². The fraction of sp³-hybridized carbons (Fsp3) is 0.100. The molecule has 24 heavy (non-hydrogen) atoms. The number of aryl methyl sites for hydroxylation is 2. The van der Waals surface area contributed by atoms with Crippen LogP contribution >= 0.6 is 11.6 Å². The lowest BCUT2D eigenvalue weighted by Gasteiger charge is -2.02. The van der Waals surface area contributed by atoms with Crippen LogP contribution in [0.25, 0.3) is 22.0 Å². The highest BCUT2D eigenvalue weighted by Gasteiger charge is 2.04. The van der Waals surface area contributed by atoms with Crippen molar-refractivity contribution in [3.8, 4) is 11.3 Å². The van der Waals surface area contributed by atoms with Crippen molar-refractivity contribution in [2.75, 3.05) is 0 Å². The number of aromatic nitrogens is 2. The minimum Gasteiger partial charge on any atom is -0.449 e. The van der Waals surface area contributed by atoms with Gasteiger partial charge in [-0.05, 0) is 35.9 Å². The van der Waals surface area contributed by atoms with Crippen LogP contribution in [0.5, 0.6) is 0 Å². The summed E-state index contributed by atoms with van der Waals surface area (Å²) in [7, 11) is 0. The van der Waals surface area contributed by atoms with Crippen molar-refractivity contribution in [1.29, 1.82) is 0 Å². The zero-order valence-corrected chi connectivity index (χ0v) is 14.3. The van der Waals surface area contributed by atoms with E-state index in [9.17, 15) is 0 Å². The van der Waals surface area contributed by atoms with Crippen LogP contribution in [0.2, 0.25) is 5.02 Å². The molecule has 4 rings (SSSR count). The Morgan fingerprint density at radius 1 is 0.875 bits per heavy atom. The van der Waals surface area contributed by atoms with E-state index in [2.05, 4.69) is 53.3 Å². The lowest BCUT2D eigenvalue weighted by Crippen LogP contribution is -1.80. The van der Waals surface area contributed by atoms with Gasteiger partial charge in [-0.3, -0.25) is 4.98 Å². The Balaban J connectivity index is 0.000000203. The van der Waals surface area contributed by atoms with Crippen molar-refractivity contribution in [3.63, 3.8) is 0 Å². The highest BCUT2D eigenvalue weighted by Crippen LogP contribution is 2.24. The Bertz CT molecular complexity index is 948. The zero-order chi connectivity index (χ0) is 16.9. The normalized spacial score (nSPS) is 10.3. The number of benzene rings is 2. The summed E-state index contributed by atoms with van der Waals surface area (Å²) >= 11 is 5.50. The molecule has 0 amide bonds. The molecule has 0 radical (unpaired) electrons. The van der Waals surface area contributed by atoms with Crippen LogP contribution < -0.4 is 0 Å². The third kappa shape index (κ3) is 4.00. The van der Waals surface area contributed by atoms with Crippen LogP contribution in [0.15, 0.2) is 71.6 Å². The number of halogens is 1. The molecule has 0 saturated carbocycles. The minimum absolute atomic E-state index is 0.698. The lowest BCUT2D eigenvalue weighted by atomic mass is 10.0. The second-order valence-corrected chi connectivity index (χ2v) is 5.92. The topological polar surface area (TPSA) is 38.9 Å². The first-order chi connectivity index (χ1) is 11.6. The molecule has 4 heteroatoms. The monoisotopic (exact) mass is 336 g/mol. The number of hydrogen-bond acceptors (Lipinski definition) is 3. The fourth-order valence-corrected chi connectivity index (χ4v) is 2.47. The van der Waals surface area contributed by atoms with Crippen molar-refractivity contribution in [3.05, 3.63) is 83.7 Å². The maximum atomic E-state index is 5.50. The smallest absolute Gasteiger partial charge is 0.191 e. The Kier molecular flexibility index (Phi) is 4.92. The number of rotatable bonds is 1. The molecule has 0 fully saturated rings. The quantitative estimate of drug-likeness (QED) is 0.438. The van der Waals surface area contributed by atoms with E-state index in [1.165, 1.54) is 16.3 Å². The van der Waals surface area contributed by atoms with E-state index in [-0.39, 0.29) is 0 Å². The molecule has 120 valence electrons. The lowest BCUT2D eigenvalue weighted by molar-refractivity contribution is 0.521. The zero-order valence-electron chi connectivity index (χ0n) is 13.5. The molecule has 0 bridgehead atoms. The summed E-state index contributed by atoms with van der Waals surface area (Å²) in [6.45, 7) is 3.96. The van der Waals surface area contributed by atoms with Crippen molar-refractivity contribution in [1.82, 2.24) is 9.97 Å². The number of fused-ring (bicyclic) bond motifs is 1. The molecular formula is C20H17ClN2O. The number of hydrogen-bond donors (Lipinski definition) is 0. The Hall–Kier alpha value is -2.65. The fourth-order valence-electron chi connectivity index (χ4n) is 2.35. The Morgan fingerprint density at radius 2 is 1.58 bits per heavy atom. The number of pyridine rings is 1. The SMILES string of the molecule is Cc1ccc2cc(-c3coc(C)n3)ccc2c1.Clc1ccncc1. The molecule has 3 nitrogen and oxygen atoms in total. The van der Waals surface area contributed by atoms with Crippen LogP contribution in [0, 0.1) is 13.8 Å². The Labute approximate surface area is 145 Å². The highest BCUT2D eigenvalue weighted by molar-refractivity contribution is 6.30. The largest absolute Gasteiger partial charge is 0.449 e. The van der Waals surface area contributed by atoms with E-state index in [1.54, 1.807) is 30.8 Å². The van der Waals surface area contributed by atoms with E-state index in [4.69, 9.17) is 16.0 Å². The second-order valence-electron chi connectivity index (χ2n) is 5.48. The molecule has 0 aliphatic carbocycles. The third-order valence-electron chi connectivity index (χ3n) is 3.55. The molecule has 0 N–H and O–H groups in total. The molecule has 2 aromatic carbocycles. The summed E-state index contributed by atoms with van der Waals surface area (Å²) in [5, 5.41) is 3.22. The van der Waals surface area contributed by atoms with Gasteiger partial charge < -0.3 is 4.42 Å². The predicted octanol–water partition coefficient (Wildman–Crippen LogP) is 5.85. The summed E-state index contributed by atoms with van der Waals surface area (Å²) in [5.41, 5.74) is 3.27. The van der Waals surface area contributed by atoms with Gasteiger partial charge in [0.15, 0.2) is 5.89 Å². The summed E-state index contributed by atoms with van der Waals surface area (Å²) in [5.74, 6) is 0.698. The Morgan fingerprint density at radius 3 is 2.21 bits per heavy atom. The first-order valence-electron chi connectivity index (χ1n) is 7.60. The van der Waals surface area contributed by atoms with Crippen LogP contribution in [-0.2, 0) is 0 Å². The van der Waals surface area contributed by atoms with Crippen LogP contribution in [-0.4, -0.2) is 9.97 Å². The molecule has 0 unspecified atom stereocenters. The van der Waals surface area contributed by atoms with E-state index in [0.29, 0.717) is 5.89 Å². The number of nitrogens with zero attached hydrogens (tertiary/aromatic N) is 2. The van der Waals surface area contributed by atoms with E-state index >= 15 is 0 Å². The standard InChI is InChI=1S/C15H13NO.C5H4ClN/c1-10-3-4-13-8-14(6-5-12(13)7-10)15-9-17-11(2)16-15;6-5-1-3-7-4-2-5/h3-9H,1-2H3;1-4H. The maximum Gasteiger partial charge on any atom is 0.191 e. The summed E-state index contributed by atoms with van der Waals surface area (Å²) in [6, 6.07) is 16.3. The van der Waals surface area contributed by atoms with Gasteiger partial charge in [0, 0.05) is 29.9 Å². The summed E-state index contributed by atoms with van der Waals surface area (Å²) in [6.07, 6.45) is 5.01. The minimum atomic E-state index is 0.698. The second kappa shape index (κ2) is 7.28. The molecule has 0 saturated heterocycles. The average molecular weight is 337 g/mol. The van der Waals surface area contributed by atoms with Gasteiger partial charge in [-0.25, -0.2) is 4.98 Å². The summed E-state index contributed by atoms with van der Waals surface area (Å²) < 4.78 is 5.24. The third-order valence-corrected chi connectivity index (χ3v) is 3.80. The molecule has 2 aromatic heterocycles. The van der Waals surface area contributed by atoms with Gasteiger partial charge in [0.25, 0.3) is 0 Å². The predicted molar refractivity (Wildman–Crippen MR) is 98.2 cm³/mol. The average Bonchev–Trinajstić information content (AvgIpc) is 3.02. The van der Waals surface area contributed by atoms with E-state index in [1.807, 2.05) is 6.92 Å². The van der Waals surface area contributed by atoms with Crippen molar-refractivity contribution < 1.29 is 4.42 Å². The molecule has 4 aromatic rings. The first kappa shape index (κ1) is 16.2. The van der Waals surface area contributed by atoms with Gasteiger partial charge in [-0.15, -0.1) is 0 Å². The van der Waals surface area contributed by atoms with Gasteiger partial charge in [0.1, 0.15) is 12.0 Å². The van der Waals surface area contributed by atoms with E-state index in [0.717, 1.165) is 16.3 Å². The molecular weight excluding hydrogens is 320 g/mol. The first-order valence-corrected chi connectivity index (χ1v) is 7.98. The van der Waals surface area contributed by atoms with Crippen LogP contribution in [0.1, 0.15) is 11.5 Å². The van der Waals surface area contributed by atoms with Gasteiger partial charge in [-0.1, -0.05) is 47.5 Å². The van der Waals surface area contributed by atoms with Crippen molar-refractivity contribution in [2.45, 2.75) is 13.8 Å². The van der Waals surface area contributed by atoms with Gasteiger partial charge in [0.05, 0.1) is 0 Å². The summed E-state index contributed by atoms with van der Waals surface area (Å²) in [4.78, 5) is 8.10.